The fraction of sp³-hybridized carbons (Fsp3) is 0.280. The number of ether oxygens (including phenoxy) is 3. The van der Waals surface area contributed by atoms with Gasteiger partial charge in [0.05, 0.1) is 37.1 Å². The van der Waals surface area contributed by atoms with E-state index in [4.69, 9.17) is 19.2 Å². The molecular formula is C25H27N3O4S. The van der Waals surface area contributed by atoms with Crippen LogP contribution >= 0.6 is 11.3 Å². The van der Waals surface area contributed by atoms with Crippen molar-refractivity contribution in [1.82, 2.24) is 9.88 Å². The van der Waals surface area contributed by atoms with Crippen LogP contribution in [0.1, 0.15) is 10.4 Å². The Labute approximate surface area is 197 Å². The lowest BCUT2D eigenvalue weighted by Gasteiger charge is -2.23. The van der Waals surface area contributed by atoms with Gasteiger partial charge in [0.1, 0.15) is 5.75 Å². The second kappa shape index (κ2) is 9.64. The van der Waals surface area contributed by atoms with Gasteiger partial charge in [-0.25, -0.2) is 4.98 Å². The number of aromatic nitrogens is 1. The summed E-state index contributed by atoms with van der Waals surface area (Å²) in [6.45, 7) is 1.17. The molecular weight excluding hydrogens is 438 g/mol. The molecule has 0 bridgehead atoms. The number of carbonyl (C=O) groups excluding carboxylic acids is 1. The molecule has 0 atom stereocenters. The van der Waals surface area contributed by atoms with Crippen molar-refractivity contribution in [2.75, 3.05) is 53.4 Å². The zero-order valence-corrected chi connectivity index (χ0v) is 20.2. The Bertz CT molecular complexity index is 1260. The summed E-state index contributed by atoms with van der Waals surface area (Å²) in [5.74, 6) is 1.61. The second-order valence-corrected chi connectivity index (χ2v) is 8.84. The van der Waals surface area contributed by atoms with Gasteiger partial charge in [-0.1, -0.05) is 35.6 Å². The first-order valence-corrected chi connectivity index (χ1v) is 11.3. The van der Waals surface area contributed by atoms with Gasteiger partial charge in [-0.2, -0.15) is 0 Å². The molecule has 0 aliphatic rings. The third kappa shape index (κ3) is 4.58. The largest absolute Gasteiger partial charge is 0.496 e. The SMILES string of the molecule is COc1cc2nc(N(CCN(C)C)C(=O)c3cc4ccccc4cc3OC)sc2cc1OC. The maximum Gasteiger partial charge on any atom is 0.263 e. The molecule has 33 heavy (non-hydrogen) atoms. The number of nitrogens with zero attached hydrogens (tertiary/aromatic N) is 3. The highest BCUT2D eigenvalue weighted by Gasteiger charge is 2.25. The number of benzene rings is 3. The number of rotatable bonds is 8. The van der Waals surface area contributed by atoms with Crippen molar-refractivity contribution >= 4 is 43.4 Å². The van der Waals surface area contributed by atoms with E-state index in [1.54, 1.807) is 26.2 Å². The van der Waals surface area contributed by atoms with Crippen LogP contribution in [0.3, 0.4) is 0 Å². The van der Waals surface area contributed by atoms with Crippen molar-refractivity contribution in [2.45, 2.75) is 0 Å². The highest BCUT2D eigenvalue weighted by Crippen LogP contribution is 2.38. The fourth-order valence-electron chi connectivity index (χ4n) is 3.64. The van der Waals surface area contributed by atoms with E-state index in [0.29, 0.717) is 41.0 Å². The number of carbonyl (C=O) groups is 1. The van der Waals surface area contributed by atoms with E-state index in [-0.39, 0.29) is 5.91 Å². The minimum atomic E-state index is -0.155. The number of fused-ring (bicyclic) bond motifs is 2. The summed E-state index contributed by atoms with van der Waals surface area (Å²) in [5.41, 5.74) is 1.25. The van der Waals surface area contributed by atoms with E-state index in [1.165, 1.54) is 11.3 Å². The molecule has 3 aromatic carbocycles. The van der Waals surface area contributed by atoms with Gasteiger partial charge >= 0.3 is 0 Å². The van der Waals surface area contributed by atoms with Crippen LogP contribution in [0.5, 0.6) is 17.2 Å². The molecule has 172 valence electrons. The molecule has 1 amide bonds. The summed E-state index contributed by atoms with van der Waals surface area (Å²) in [6.07, 6.45) is 0. The molecule has 0 fully saturated rings. The normalized spacial score (nSPS) is 11.2. The lowest BCUT2D eigenvalue weighted by molar-refractivity contribution is 0.0982. The van der Waals surface area contributed by atoms with E-state index >= 15 is 0 Å². The van der Waals surface area contributed by atoms with E-state index in [1.807, 2.05) is 67.5 Å². The van der Waals surface area contributed by atoms with E-state index < -0.39 is 0 Å². The number of hydrogen-bond donors (Lipinski definition) is 0. The first-order valence-electron chi connectivity index (χ1n) is 10.5. The van der Waals surface area contributed by atoms with Gasteiger partial charge in [0.25, 0.3) is 5.91 Å². The van der Waals surface area contributed by atoms with Crippen LogP contribution in [-0.2, 0) is 0 Å². The maximum absolute atomic E-state index is 13.8. The standard InChI is InChI=1S/C25H27N3O4S/c1-27(2)10-11-28(25-26-19-14-21(31-4)22(32-5)15-23(19)33-25)24(29)18-12-16-8-6-7-9-17(16)13-20(18)30-3/h6-9,12-15H,10-11H2,1-5H3. The molecule has 1 aromatic heterocycles. The van der Waals surface area contributed by atoms with Gasteiger partial charge < -0.3 is 19.1 Å². The van der Waals surface area contributed by atoms with Crippen LogP contribution in [0, 0.1) is 0 Å². The fourth-order valence-corrected chi connectivity index (χ4v) is 4.64. The molecule has 0 saturated heterocycles. The lowest BCUT2D eigenvalue weighted by atomic mass is 10.0. The topological polar surface area (TPSA) is 64.1 Å². The molecule has 1 heterocycles. The second-order valence-electron chi connectivity index (χ2n) is 7.83. The van der Waals surface area contributed by atoms with Crippen molar-refractivity contribution in [3.05, 3.63) is 54.1 Å². The highest BCUT2D eigenvalue weighted by atomic mass is 32.1. The predicted octanol–water partition coefficient (Wildman–Crippen LogP) is 4.68. The molecule has 4 aromatic rings. The van der Waals surface area contributed by atoms with Crippen molar-refractivity contribution in [3.63, 3.8) is 0 Å². The molecule has 0 radical (unpaired) electrons. The van der Waals surface area contributed by atoms with Crippen LogP contribution in [0.4, 0.5) is 5.13 Å². The summed E-state index contributed by atoms with van der Waals surface area (Å²) in [7, 11) is 8.74. The summed E-state index contributed by atoms with van der Waals surface area (Å²) < 4.78 is 17.4. The van der Waals surface area contributed by atoms with Crippen LogP contribution < -0.4 is 19.1 Å². The zero-order chi connectivity index (χ0) is 23.5. The summed E-state index contributed by atoms with van der Waals surface area (Å²) in [6, 6.07) is 15.4. The third-order valence-corrected chi connectivity index (χ3v) is 6.47. The van der Waals surface area contributed by atoms with Crippen molar-refractivity contribution in [2.24, 2.45) is 0 Å². The molecule has 0 saturated carbocycles. The summed E-state index contributed by atoms with van der Waals surface area (Å²) in [4.78, 5) is 22.4. The molecule has 4 rings (SSSR count). The first kappa shape index (κ1) is 22.8. The Hall–Kier alpha value is -3.36. The van der Waals surface area contributed by atoms with Crippen LogP contribution in [-0.4, -0.2) is 64.3 Å². The van der Waals surface area contributed by atoms with Crippen LogP contribution in [0.2, 0.25) is 0 Å². The Kier molecular flexibility index (Phi) is 6.67. The smallest absolute Gasteiger partial charge is 0.263 e. The minimum absolute atomic E-state index is 0.155. The molecule has 0 aliphatic carbocycles. The minimum Gasteiger partial charge on any atom is -0.496 e. The Morgan fingerprint density at radius 3 is 2.15 bits per heavy atom. The van der Waals surface area contributed by atoms with Gasteiger partial charge in [-0.15, -0.1) is 0 Å². The van der Waals surface area contributed by atoms with E-state index in [2.05, 4.69) is 0 Å². The summed E-state index contributed by atoms with van der Waals surface area (Å²) in [5, 5.41) is 2.61. The molecule has 0 spiro atoms. The van der Waals surface area contributed by atoms with Crippen LogP contribution in [0.25, 0.3) is 21.0 Å². The average Bonchev–Trinajstić information content (AvgIpc) is 3.24. The van der Waals surface area contributed by atoms with Crippen molar-refractivity contribution < 1.29 is 19.0 Å². The highest BCUT2D eigenvalue weighted by molar-refractivity contribution is 7.22. The van der Waals surface area contributed by atoms with E-state index in [0.717, 1.165) is 21.0 Å². The van der Waals surface area contributed by atoms with Gasteiger partial charge in [0, 0.05) is 25.2 Å². The summed E-state index contributed by atoms with van der Waals surface area (Å²) >= 11 is 1.44. The van der Waals surface area contributed by atoms with E-state index in [9.17, 15) is 4.79 Å². The van der Waals surface area contributed by atoms with Crippen molar-refractivity contribution in [1.29, 1.82) is 0 Å². The Balaban J connectivity index is 1.81. The molecule has 8 heteroatoms. The lowest BCUT2D eigenvalue weighted by Crippen LogP contribution is -2.37. The van der Waals surface area contributed by atoms with Gasteiger partial charge in [-0.05, 0) is 37.0 Å². The molecule has 0 N–H and O–H groups in total. The average molecular weight is 466 g/mol. The van der Waals surface area contributed by atoms with Gasteiger partial charge in [0.2, 0.25) is 0 Å². The molecule has 7 nitrogen and oxygen atoms in total. The van der Waals surface area contributed by atoms with Crippen molar-refractivity contribution in [3.8, 4) is 17.2 Å². The Morgan fingerprint density at radius 1 is 0.879 bits per heavy atom. The number of amides is 1. The monoisotopic (exact) mass is 465 g/mol. The van der Waals surface area contributed by atoms with Gasteiger partial charge in [0.15, 0.2) is 16.6 Å². The van der Waals surface area contributed by atoms with Gasteiger partial charge in [-0.3, -0.25) is 9.69 Å². The number of likely N-dealkylation sites (N-methyl/N-ethyl adjacent to an activating group) is 1. The number of hydrogen-bond acceptors (Lipinski definition) is 7. The Morgan fingerprint density at radius 2 is 1.52 bits per heavy atom. The number of anilines is 1. The number of thiazole rings is 1. The molecule has 0 unspecified atom stereocenters. The predicted molar refractivity (Wildman–Crippen MR) is 133 cm³/mol. The third-order valence-electron chi connectivity index (χ3n) is 5.43. The zero-order valence-electron chi connectivity index (χ0n) is 19.4. The maximum atomic E-state index is 13.8. The van der Waals surface area contributed by atoms with Crippen LogP contribution in [0.15, 0.2) is 48.5 Å². The first-order chi connectivity index (χ1) is 15.9. The molecule has 0 aliphatic heterocycles. The number of methoxy groups -OCH3 is 3. The quantitative estimate of drug-likeness (QED) is 0.376.